The average Bonchev–Trinajstić information content (AvgIpc) is 2.69. The van der Waals surface area contributed by atoms with Crippen LogP contribution in [0.25, 0.3) is 0 Å². The summed E-state index contributed by atoms with van der Waals surface area (Å²) in [5, 5.41) is 13.2. The van der Waals surface area contributed by atoms with Crippen LogP contribution < -0.4 is 5.32 Å². The van der Waals surface area contributed by atoms with Gasteiger partial charge in [-0.1, -0.05) is 12.1 Å². The van der Waals surface area contributed by atoms with E-state index in [1.54, 1.807) is 0 Å². The Hall–Kier alpha value is -1.96. The zero-order chi connectivity index (χ0) is 14.8. The zero-order valence-electron chi connectivity index (χ0n) is 10.6. The van der Waals surface area contributed by atoms with Crippen LogP contribution in [0.4, 0.5) is 5.69 Å². The first-order valence-corrected chi connectivity index (χ1v) is 7.91. The summed E-state index contributed by atoms with van der Waals surface area (Å²) in [7, 11) is -3.02. The first-order valence-electron chi connectivity index (χ1n) is 6.09. The van der Waals surface area contributed by atoms with Crippen LogP contribution in [-0.2, 0) is 21.1 Å². The topological polar surface area (TPSA) is 106 Å². The lowest BCUT2D eigenvalue weighted by Gasteiger charge is -2.10. The van der Waals surface area contributed by atoms with Crippen LogP contribution in [0.1, 0.15) is 12.0 Å². The fraction of sp³-hybridized carbons (Fsp3) is 0.417. The third-order valence-corrected chi connectivity index (χ3v) is 4.88. The molecule has 1 aromatic carbocycles. The van der Waals surface area contributed by atoms with E-state index in [9.17, 15) is 23.3 Å². The van der Waals surface area contributed by atoms with Crippen molar-refractivity contribution in [3.63, 3.8) is 0 Å². The molecule has 108 valence electrons. The molecule has 0 saturated carbocycles. The SMILES string of the molecule is O=C(Cc1ccc([N+](=O)[O-])cc1)N[C@@H]1CCS(=O)(=O)C1. The number of sulfone groups is 1. The van der Waals surface area contributed by atoms with Gasteiger partial charge in [0.2, 0.25) is 5.91 Å². The van der Waals surface area contributed by atoms with E-state index >= 15 is 0 Å². The average molecular weight is 298 g/mol. The molecule has 7 nitrogen and oxygen atoms in total. The van der Waals surface area contributed by atoms with E-state index in [1.807, 2.05) is 0 Å². The summed E-state index contributed by atoms with van der Waals surface area (Å²) >= 11 is 0. The highest BCUT2D eigenvalue weighted by atomic mass is 32.2. The van der Waals surface area contributed by atoms with E-state index in [-0.39, 0.29) is 35.6 Å². The summed E-state index contributed by atoms with van der Waals surface area (Å²) in [5.41, 5.74) is 0.616. The van der Waals surface area contributed by atoms with Crippen LogP contribution in [0.3, 0.4) is 0 Å². The molecule has 1 aromatic rings. The van der Waals surface area contributed by atoms with Gasteiger partial charge in [-0.3, -0.25) is 14.9 Å². The third kappa shape index (κ3) is 3.77. The number of carbonyl (C=O) groups is 1. The molecule has 1 amide bonds. The summed E-state index contributed by atoms with van der Waals surface area (Å²) < 4.78 is 22.5. The molecule has 2 rings (SSSR count). The Morgan fingerprint density at radius 1 is 1.35 bits per heavy atom. The largest absolute Gasteiger partial charge is 0.352 e. The summed E-state index contributed by atoms with van der Waals surface area (Å²) in [6.45, 7) is 0. The highest BCUT2D eigenvalue weighted by Gasteiger charge is 2.28. The summed E-state index contributed by atoms with van der Waals surface area (Å²) in [6, 6.07) is 5.38. The van der Waals surface area contributed by atoms with Gasteiger partial charge in [0, 0.05) is 18.2 Å². The molecule has 1 aliphatic rings. The molecule has 1 N–H and O–H groups in total. The number of benzene rings is 1. The fourth-order valence-electron chi connectivity index (χ4n) is 2.11. The van der Waals surface area contributed by atoms with Crippen LogP contribution in [-0.4, -0.2) is 36.8 Å². The summed E-state index contributed by atoms with van der Waals surface area (Å²) in [5.74, 6) is -0.185. The maximum Gasteiger partial charge on any atom is 0.269 e. The van der Waals surface area contributed by atoms with E-state index in [2.05, 4.69) is 5.32 Å². The first kappa shape index (κ1) is 14.4. The van der Waals surface area contributed by atoms with E-state index < -0.39 is 14.8 Å². The number of nitro benzene ring substituents is 1. The van der Waals surface area contributed by atoms with Crippen molar-refractivity contribution >= 4 is 21.4 Å². The van der Waals surface area contributed by atoms with Crippen LogP contribution in [0.15, 0.2) is 24.3 Å². The van der Waals surface area contributed by atoms with Gasteiger partial charge >= 0.3 is 0 Å². The molecular formula is C12H14N2O5S. The minimum atomic E-state index is -3.02. The maximum atomic E-state index is 11.8. The van der Waals surface area contributed by atoms with Gasteiger partial charge in [-0.2, -0.15) is 0 Å². The van der Waals surface area contributed by atoms with Crippen LogP contribution in [0.2, 0.25) is 0 Å². The molecule has 0 aliphatic carbocycles. The minimum Gasteiger partial charge on any atom is -0.352 e. The fourth-order valence-corrected chi connectivity index (χ4v) is 3.78. The van der Waals surface area contributed by atoms with Gasteiger partial charge in [0.1, 0.15) is 0 Å². The Morgan fingerprint density at radius 2 is 2.00 bits per heavy atom. The Kier molecular flexibility index (Phi) is 4.03. The molecule has 1 aliphatic heterocycles. The van der Waals surface area contributed by atoms with E-state index in [1.165, 1.54) is 24.3 Å². The van der Waals surface area contributed by atoms with Crippen molar-refractivity contribution in [1.29, 1.82) is 0 Å². The number of hydrogen-bond donors (Lipinski definition) is 1. The Balaban J connectivity index is 1.90. The number of nitrogens with zero attached hydrogens (tertiary/aromatic N) is 1. The zero-order valence-corrected chi connectivity index (χ0v) is 11.4. The molecule has 0 spiro atoms. The summed E-state index contributed by atoms with van der Waals surface area (Å²) in [6.07, 6.45) is 0.517. The van der Waals surface area contributed by atoms with Gasteiger partial charge in [0.25, 0.3) is 5.69 Å². The number of rotatable bonds is 4. The van der Waals surface area contributed by atoms with Crippen molar-refractivity contribution in [1.82, 2.24) is 5.32 Å². The van der Waals surface area contributed by atoms with Gasteiger partial charge in [-0.15, -0.1) is 0 Å². The number of amides is 1. The number of nitrogens with one attached hydrogen (secondary N) is 1. The molecule has 0 unspecified atom stereocenters. The standard InChI is InChI=1S/C12H14N2O5S/c15-12(13-10-5-6-20(18,19)8-10)7-9-1-3-11(4-2-9)14(16)17/h1-4,10H,5-8H2,(H,13,15)/t10-/m1/s1. The summed E-state index contributed by atoms with van der Waals surface area (Å²) in [4.78, 5) is 21.7. The Labute approximate surface area is 116 Å². The number of carbonyl (C=O) groups excluding carboxylic acids is 1. The molecule has 0 aromatic heterocycles. The third-order valence-electron chi connectivity index (χ3n) is 3.11. The molecule has 1 heterocycles. The predicted molar refractivity (Wildman–Crippen MR) is 72.0 cm³/mol. The van der Waals surface area contributed by atoms with Crippen molar-refractivity contribution < 1.29 is 18.1 Å². The minimum absolute atomic E-state index is 0.0149. The van der Waals surface area contributed by atoms with Crippen molar-refractivity contribution in [2.75, 3.05) is 11.5 Å². The van der Waals surface area contributed by atoms with Crippen molar-refractivity contribution in [3.8, 4) is 0 Å². The van der Waals surface area contributed by atoms with Crippen LogP contribution in [0, 0.1) is 10.1 Å². The molecule has 1 atom stereocenters. The Bertz CT molecular complexity index is 624. The monoisotopic (exact) mass is 298 g/mol. The molecular weight excluding hydrogens is 284 g/mol. The highest BCUT2D eigenvalue weighted by Crippen LogP contribution is 2.14. The van der Waals surface area contributed by atoms with Gasteiger partial charge in [-0.05, 0) is 12.0 Å². The van der Waals surface area contributed by atoms with Crippen LogP contribution >= 0.6 is 0 Å². The number of non-ortho nitro benzene ring substituents is 1. The second-order valence-corrected chi connectivity index (χ2v) is 7.00. The lowest BCUT2D eigenvalue weighted by Crippen LogP contribution is -2.36. The number of nitro groups is 1. The maximum absolute atomic E-state index is 11.8. The Morgan fingerprint density at radius 3 is 2.50 bits per heavy atom. The van der Waals surface area contributed by atoms with E-state index in [4.69, 9.17) is 0 Å². The van der Waals surface area contributed by atoms with Gasteiger partial charge in [-0.25, -0.2) is 8.42 Å². The highest BCUT2D eigenvalue weighted by molar-refractivity contribution is 7.91. The van der Waals surface area contributed by atoms with Crippen LogP contribution in [0.5, 0.6) is 0 Å². The molecule has 20 heavy (non-hydrogen) atoms. The van der Waals surface area contributed by atoms with E-state index in [0.717, 1.165) is 0 Å². The molecule has 0 radical (unpaired) electrons. The molecule has 1 saturated heterocycles. The van der Waals surface area contributed by atoms with Crippen molar-refractivity contribution in [2.24, 2.45) is 0 Å². The lowest BCUT2D eigenvalue weighted by atomic mass is 10.1. The molecule has 0 bridgehead atoms. The first-order chi connectivity index (χ1) is 9.35. The molecule has 8 heteroatoms. The quantitative estimate of drug-likeness (QED) is 0.641. The number of hydrogen-bond acceptors (Lipinski definition) is 5. The van der Waals surface area contributed by atoms with Gasteiger partial charge < -0.3 is 5.32 Å². The molecule has 1 fully saturated rings. The predicted octanol–water partition coefficient (Wildman–Crippen LogP) is 0.441. The normalized spacial score (nSPS) is 20.5. The van der Waals surface area contributed by atoms with Crippen molar-refractivity contribution in [3.05, 3.63) is 39.9 Å². The van der Waals surface area contributed by atoms with Gasteiger partial charge in [0.15, 0.2) is 9.84 Å². The lowest BCUT2D eigenvalue weighted by molar-refractivity contribution is -0.384. The second kappa shape index (κ2) is 5.58. The second-order valence-electron chi connectivity index (χ2n) is 4.77. The smallest absolute Gasteiger partial charge is 0.269 e. The van der Waals surface area contributed by atoms with Gasteiger partial charge in [0.05, 0.1) is 22.8 Å². The van der Waals surface area contributed by atoms with Crippen molar-refractivity contribution in [2.45, 2.75) is 18.9 Å². The van der Waals surface area contributed by atoms with E-state index in [0.29, 0.717) is 12.0 Å².